The number of aromatic carboxylic acids is 1. The standard InChI is InChI=1S/C23H20N4O2/c1-12-3-5-14(9-17(12)24)21-22(15-6-4-13(2)18(25)10-15)27-20-11-16(23(28)29)7-8-19(20)26-21/h3-11H,24-25H2,1-2H3,(H,28,29). The van der Waals surface area contributed by atoms with Crippen LogP contribution < -0.4 is 11.5 Å². The third kappa shape index (κ3) is 3.36. The zero-order valence-corrected chi connectivity index (χ0v) is 16.1. The summed E-state index contributed by atoms with van der Waals surface area (Å²) < 4.78 is 0. The van der Waals surface area contributed by atoms with Crippen molar-refractivity contribution >= 4 is 28.4 Å². The molecule has 4 rings (SSSR count). The fourth-order valence-electron chi connectivity index (χ4n) is 3.17. The molecule has 0 aliphatic carbocycles. The molecule has 29 heavy (non-hydrogen) atoms. The molecule has 3 aromatic carbocycles. The molecule has 1 aromatic heterocycles. The summed E-state index contributed by atoms with van der Waals surface area (Å²) in [5, 5.41) is 9.31. The van der Waals surface area contributed by atoms with Gasteiger partial charge in [0.2, 0.25) is 0 Å². The monoisotopic (exact) mass is 384 g/mol. The lowest BCUT2D eigenvalue weighted by molar-refractivity contribution is 0.0697. The van der Waals surface area contributed by atoms with Crippen LogP contribution in [-0.2, 0) is 0 Å². The van der Waals surface area contributed by atoms with Crippen LogP contribution in [-0.4, -0.2) is 21.0 Å². The maximum absolute atomic E-state index is 11.4. The number of hydrogen-bond donors (Lipinski definition) is 3. The SMILES string of the molecule is Cc1ccc(-c2nc3ccc(C(=O)O)cc3nc2-c2ccc(C)c(N)c2)cc1N. The molecule has 6 nitrogen and oxygen atoms in total. The van der Waals surface area contributed by atoms with Crippen molar-refractivity contribution in [2.45, 2.75) is 13.8 Å². The predicted molar refractivity (Wildman–Crippen MR) is 116 cm³/mol. The number of rotatable bonds is 3. The van der Waals surface area contributed by atoms with Crippen molar-refractivity contribution in [3.05, 3.63) is 71.3 Å². The lowest BCUT2D eigenvalue weighted by atomic mass is 10.00. The molecule has 4 aromatic rings. The minimum Gasteiger partial charge on any atom is -0.478 e. The molecule has 6 heteroatoms. The van der Waals surface area contributed by atoms with E-state index in [-0.39, 0.29) is 5.56 Å². The molecule has 0 amide bonds. The van der Waals surface area contributed by atoms with Crippen LogP contribution in [0.3, 0.4) is 0 Å². The van der Waals surface area contributed by atoms with Crippen LogP contribution in [0, 0.1) is 13.8 Å². The Morgan fingerprint density at radius 1 is 0.759 bits per heavy atom. The van der Waals surface area contributed by atoms with Gasteiger partial charge < -0.3 is 16.6 Å². The van der Waals surface area contributed by atoms with Gasteiger partial charge >= 0.3 is 5.97 Å². The number of carbonyl (C=O) groups is 1. The van der Waals surface area contributed by atoms with Crippen LogP contribution >= 0.6 is 0 Å². The molecule has 0 fully saturated rings. The normalized spacial score (nSPS) is 11.0. The second-order valence-electron chi connectivity index (χ2n) is 7.07. The van der Waals surface area contributed by atoms with Gasteiger partial charge in [-0.15, -0.1) is 0 Å². The third-order valence-electron chi connectivity index (χ3n) is 5.02. The summed E-state index contributed by atoms with van der Waals surface area (Å²) in [6.45, 7) is 3.88. The van der Waals surface area contributed by atoms with E-state index in [1.165, 1.54) is 12.1 Å². The molecule has 144 valence electrons. The van der Waals surface area contributed by atoms with Gasteiger partial charge in [0.25, 0.3) is 0 Å². The molecule has 0 saturated carbocycles. The van der Waals surface area contributed by atoms with Crippen molar-refractivity contribution in [1.29, 1.82) is 0 Å². The molecule has 0 bridgehead atoms. The third-order valence-corrected chi connectivity index (χ3v) is 5.02. The van der Waals surface area contributed by atoms with Crippen LogP contribution in [0.15, 0.2) is 54.6 Å². The topological polar surface area (TPSA) is 115 Å². The molecule has 0 spiro atoms. The van der Waals surface area contributed by atoms with Crippen molar-refractivity contribution in [3.63, 3.8) is 0 Å². The number of fused-ring (bicyclic) bond motifs is 1. The maximum atomic E-state index is 11.4. The van der Waals surface area contributed by atoms with Crippen molar-refractivity contribution in [2.75, 3.05) is 11.5 Å². The number of nitrogens with zero attached hydrogens (tertiary/aromatic N) is 2. The number of nitrogens with two attached hydrogens (primary N) is 2. The molecular formula is C23H20N4O2. The van der Waals surface area contributed by atoms with Crippen molar-refractivity contribution in [1.82, 2.24) is 9.97 Å². The van der Waals surface area contributed by atoms with Gasteiger partial charge in [0, 0.05) is 22.5 Å². The first-order chi connectivity index (χ1) is 13.8. The van der Waals surface area contributed by atoms with Crippen LogP contribution in [0.5, 0.6) is 0 Å². The molecule has 0 aliphatic rings. The number of carboxylic acids is 1. The zero-order chi connectivity index (χ0) is 20.7. The van der Waals surface area contributed by atoms with Gasteiger partial charge in [0.05, 0.1) is 28.0 Å². The molecule has 1 heterocycles. The molecule has 0 saturated heterocycles. The Morgan fingerprint density at radius 2 is 1.28 bits per heavy atom. The van der Waals surface area contributed by atoms with Gasteiger partial charge in [-0.1, -0.05) is 24.3 Å². The minimum absolute atomic E-state index is 0.161. The molecule has 0 aliphatic heterocycles. The number of hydrogen-bond acceptors (Lipinski definition) is 5. The number of benzene rings is 3. The Hall–Kier alpha value is -3.93. The van der Waals surface area contributed by atoms with Gasteiger partial charge in [-0.05, 0) is 55.3 Å². The van der Waals surface area contributed by atoms with E-state index in [2.05, 4.69) is 0 Å². The Bertz CT molecular complexity index is 1280. The van der Waals surface area contributed by atoms with E-state index >= 15 is 0 Å². The quantitative estimate of drug-likeness (QED) is 0.450. The van der Waals surface area contributed by atoms with E-state index in [9.17, 15) is 9.90 Å². The summed E-state index contributed by atoms with van der Waals surface area (Å²) in [6, 6.07) is 16.2. The fourth-order valence-corrected chi connectivity index (χ4v) is 3.17. The number of aryl methyl sites for hydroxylation is 2. The fraction of sp³-hybridized carbons (Fsp3) is 0.0870. The summed E-state index contributed by atoms with van der Waals surface area (Å²) in [4.78, 5) is 20.9. The average Bonchev–Trinajstić information content (AvgIpc) is 2.70. The van der Waals surface area contributed by atoms with E-state index in [1.807, 2.05) is 50.2 Å². The second kappa shape index (κ2) is 6.91. The molecule has 0 radical (unpaired) electrons. The van der Waals surface area contributed by atoms with Crippen molar-refractivity contribution < 1.29 is 9.90 Å². The Labute approximate surface area is 167 Å². The Kier molecular flexibility index (Phi) is 4.39. The first kappa shape index (κ1) is 18.4. The molecule has 0 unspecified atom stereocenters. The van der Waals surface area contributed by atoms with E-state index in [4.69, 9.17) is 21.4 Å². The summed E-state index contributed by atoms with van der Waals surface area (Å²) in [5.41, 5.74) is 19.7. The first-order valence-corrected chi connectivity index (χ1v) is 9.11. The van der Waals surface area contributed by atoms with Gasteiger partial charge in [0.1, 0.15) is 0 Å². The average molecular weight is 384 g/mol. The maximum Gasteiger partial charge on any atom is 0.335 e. The number of carboxylic acid groups (broad SMARTS) is 1. The lowest BCUT2D eigenvalue weighted by Gasteiger charge is -2.13. The minimum atomic E-state index is -1.01. The van der Waals surface area contributed by atoms with Crippen LogP contribution in [0.1, 0.15) is 21.5 Å². The van der Waals surface area contributed by atoms with E-state index in [0.717, 1.165) is 22.3 Å². The second-order valence-corrected chi connectivity index (χ2v) is 7.07. The summed E-state index contributed by atoms with van der Waals surface area (Å²) in [7, 11) is 0. The van der Waals surface area contributed by atoms with Crippen LogP contribution in [0.4, 0.5) is 11.4 Å². The van der Waals surface area contributed by atoms with Crippen LogP contribution in [0.25, 0.3) is 33.5 Å². The number of anilines is 2. The van der Waals surface area contributed by atoms with Gasteiger partial charge in [-0.25, -0.2) is 14.8 Å². The summed E-state index contributed by atoms with van der Waals surface area (Å²) in [6.07, 6.45) is 0. The molecule has 0 atom stereocenters. The van der Waals surface area contributed by atoms with Crippen molar-refractivity contribution in [3.8, 4) is 22.5 Å². The highest BCUT2D eigenvalue weighted by Gasteiger charge is 2.16. The lowest BCUT2D eigenvalue weighted by Crippen LogP contribution is -2.00. The molecular weight excluding hydrogens is 364 g/mol. The summed E-state index contributed by atoms with van der Waals surface area (Å²) >= 11 is 0. The Morgan fingerprint density at radius 3 is 1.76 bits per heavy atom. The first-order valence-electron chi connectivity index (χ1n) is 9.11. The zero-order valence-electron chi connectivity index (χ0n) is 16.1. The molecule has 5 N–H and O–H groups in total. The predicted octanol–water partition coefficient (Wildman–Crippen LogP) is 4.44. The highest BCUT2D eigenvalue weighted by molar-refractivity contribution is 5.94. The smallest absolute Gasteiger partial charge is 0.335 e. The largest absolute Gasteiger partial charge is 0.478 e. The Balaban J connectivity index is 2.03. The van der Waals surface area contributed by atoms with E-state index < -0.39 is 5.97 Å². The summed E-state index contributed by atoms with van der Waals surface area (Å²) in [5.74, 6) is -1.01. The van der Waals surface area contributed by atoms with Gasteiger partial charge in [-0.3, -0.25) is 0 Å². The van der Waals surface area contributed by atoms with Gasteiger partial charge in [0.15, 0.2) is 0 Å². The number of nitrogen functional groups attached to an aromatic ring is 2. The van der Waals surface area contributed by atoms with Crippen molar-refractivity contribution in [2.24, 2.45) is 0 Å². The highest BCUT2D eigenvalue weighted by atomic mass is 16.4. The van der Waals surface area contributed by atoms with E-state index in [1.54, 1.807) is 6.07 Å². The van der Waals surface area contributed by atoms with Crippen LogP contribution in [0.2, 0.25) is 0 Å². The van der Waals surface area contributed by atoms with Gasteiger partial charge in [-0.2, -0.15) is 0 Å². The van der Waals surface area contributed by atoms with E-state index in [0.29, 0.717) is 33.8 Å². The number of aromatic nitrogens is 2. The highest BCUT2D eigenvalue weighted by Crippen LogP contribution is 2.34.